The Morgan fingerprint density at radius 1 is 1.20 bits per heavy atom. The summed E-state index contributed by atoms with van der Waals surface area (Å²) in [5.41, 5.74) is 0. The van der Waals surface area contributed by atoms with E-state index in [9.17, 15) is 13.2 Å². The molecule has 1 aliphatic rings. The molecule has 1 aliphatic carbocycles. The normalized spacial score (nSPS) is 27.3. The maximum absolute atomic E-state index is 12.9. The molecule has 0 spiro atoms. The van der Waals surface area contributed by atoms with E-state index in [4.69, 9.17) is 0 Å². The molecule has 120 valence electrons. The van der Waals surface area contributed by atoms with Crippen LogP contribution in [0.5, 0.6) is 0 Å². The van der Waals surface area contributed by atoms with Gasteiger partial charge in [-0.2, -0.15) is 13.2 Å². The summed E-state index contributed by atoms with van der Waals surface area (Å²) in [6, 6.07) is 0.256. The molecular formula is C16H30F3N. The summed E-state index contributed by atoms with van der Waals surface area (Å²) in [4.78, 5) is 0. The fourth-order valence-electron chi connectivity index (χ4n) is 3.64. The van der Waals surface area contributed by atoms with Crippen molar-refractivity contribution < 1.29 is 13.2 Å². The summed E-state index contributed by atoms with van der Waals surface area (Å²) in [6.45, 7) is 7.27. The van der Waals surface area contributed by atoms with Crippen LogP contribution in [0.2, 0.25) is 0 Å². The second-order valence-electron chi connectivity index (χ2n) is 6.46. The first-order valence-corrected chi connectivity index (χ1v) is 8.18. The lowest BCUT2D eigenvalue weighted by molar-refractivity contribution is -0.186. The number of hydrogen-bond donors (Lipinski definition) is 1. The molecule has 0 amide bonds. The van der Waals surface area contributed by atoms with E-state index in [-0.39, 0.29) is 12.0 Å². The summed E-state index contributed by atoms with van der Waals surface area (Å²) in [5, 5.41) is 3.45. The molecule has 1 N–H and O–H groups in total. The summed E-state index contributed by atoms with van der Waals surface area (Å²) < 4.78 is 38.8. The van der Waals surface area contributed by atoms with E-state index >= 15 is 0 Å². The van der Waals surface area contributed by atoms with Crippen molar-refractivity contribution in [2.24, 2.45) is 17.8 Å². The molecule has 1 fully saturated rings. The van der Waals surface area contributed by atoms with E-state index in [1.54, 1.807) is 0 Å². The Hall–Kier alpha value is -0.250. The van der Waals surface area contributed by atoms with Crippen molar-refractivity contribution >= 4 is 0 Å². The highest BCUT2D eigenvalue weighted by Crippen LogP contribution is 2.41. The van der Waals surface area contributed by atoms with Gasteiger partial charge in [0.2, 0.25) is 0 Å². The van der Waals surface area contributed by atoms with Gasteiger partial charge in [0.1, 0.15) is 0 Å². The van der Waals surface area contributed by atoms with Crippen molar-refractivity contribution in [2.75, 3.05) is 6.54 Å². The topological polar surface area (TPSA) is 12.0 Å². The van der Waals surface area contributed by atoms with Crippen LogP contribution in [0.25, 0.3) is 0 Å². The Bertz CT molecular complexity index is 265. The van der Waals surface area contributed by atoms with E-state index in [0.29, 0.717) is 18.8 Å². The van der Waals surface area contributed by atoms with Gasteiger partial charge in [0.05, 0.1) is 5.92 Å². The molecule has 0 saturated heterocycles. The third kappa shape index (κ3) is 5.63. The second kappa shape index (κ2) is 8.26. The fraction of sp³-hybridized carbons (Fsp3) is 1.00. The Morgan fingerprint density at radius 3 is 2.45 bits per heavy atom. The SMILES string of the molecule is CCCC(C)CC(NCC)C1CCCC(C(F)(F)F)C1. The monoisotopic (exact) mass is 293 g/mol. The zero-order valence-corrected chi connectivity index (χ0v) is 13.1. The first-order valence-electron chi connectivity index (χ1n) is 8.18. The van der Waals surface area contributed by atoms with Gasteiger partial charge in [-0.25, -0.2) is 0 Å². The molecule has 0 bridgehead atoms. The Labute approximate surface area is 121 Å². The van der Waals surface area contributed by atoms with E-state index in [1.807, 2.05) is 6.92 Å². The third-order valence-corrected chi connectivity index (χ3v) is 4.65. The van der Waals surface area contributed by atoms with Crippen LogP contribution >= 0.6 is 0 Å². The first-order chi connectivity index (χ1) is 9.38. The molecule has 20 heavy (non-hydrogen) atoms. The van der Waals surface area contributed by atoms with Crippen molar-refractivity contribution in [2.45, 2.75) is 77.9 Å². The molecule has 1 rings (SSSR count). The molecule has 4 unspecified atom stereocenters. The van der Waals surface area contributed by atoms with Crippen LogP contribution in [0, 0.1) is 17.8 Å². The smallest absolute Gasteiger partial charge is 0.314 e. The highest BCUT2D eigenvalue weighted by Gasteiger charge is 2.43. The molecule has 1 saturated carbocycles. The van der Waals surface area contributed by atoms with Crippen molar-refractivity contribution in [1.29, 1.82) is 0 Å². The maximum atomic E-state index is 12.9. The Morgan fingerprint density at radius 2 is 1.90 bits per heavy atom. The minimum absolute atomic E-state index is 0.189. The van der Waals surface area contributed by atoms with Gasteiger partial charge in [-0.1, -0.05) is 40.0 Å². The van der Waals surface area contributed by atoms with Crippen LogP contribution in [-0.2, 0) is 0 Å². The van der Waals surface area contributed by atoms with Crippen LogP contribution in [0.1, 0.15) is 65.7 Å². The van der Waals surface area contributed by atoms with Crippen LogP contribution in [0.4, 0.5) is 13.2 Å². The van der Waals surface area contributed by atoms with Gasteiger partial charge in [0.15, 0.2) is 0 Å². The molecule has 0 radical (unpaired) electrons. The lowest BCUT2D eigenvalue weighted by Gasteiger charge is -2.36. The van der Waals surface area contributed by atoms with E-state index in [2.05, 4.69) is 19.2 Å². The largest absolute Gasteiger partial charge is 0.391 e. The van der Waals surface area contributed by atoms with Crippen molar-refractivity contribution in [1.82, 2.24) is 5.32 Å². The molecule has 0 aromatic heterocycles. The summed E-state index contributed by atoms with van der Waals surface area (Å²) in [5.74, 6) is -0.297. The van der Waals surface area contributed by atoms with Crippen molar-refractivity contribution in [3.63, 3.8) is 0 Å². The average molecular weight is 293 g/mol. The quantitative estimate of drug-likeness (QED) is 0.683. The summed E-state index contributed by atoms with van der Waals surface area (Å²) >= 11 is 0. The number of rotatable bonds is 7. The summed E-state index contributed by atoms with van der Waals surface area (Å²) in [7, 11) is 0. The van der Waals surface area contributed by atoms with Crippen molar-refractivity contribution in [3.8, 4) is 0 Å². The lowest BCUT2D eigenvalue weighted by Crippen LogP contribution is -2.41. The molecule has 0 aromatic rings. The van der Waals surface area contributed by atoms with E-state index in [1.165, 1.54) is 0 Å². The second-order valence-corrected chi connectivity index (χ2v) is 6.46. The van der Waals surface area contributed by atoms with Crippen LogP contribution in [0.3, 0.4) is 0 Å². The number of alkyl halides is 3. The fourth-order valence-corrected chi connectivity index (χ4v) is 3.64. The number of halogens is 3. The van der Waals surface area contributed by atoms with E-state index < -0.39 is 12.1 Å². The van der Waals surface area contributed by atoms with Gasteiger partial charge < -0.3 is 5.32 Å². The molecule has 0 aromatic carbocycles. The Balaban J connectivity index is 2.61. The van der Waals surface area contributed by atoms with Gasteiger partial charge in [-0.05, 0) is 44.1 Å². The van der Waals surface area contributed by atoms with Crippen LogP contribution in [0.15, 0.2) is 0 Å². The molecular weight excluding hydrogens is 263 g/mol. The van der Waals surface area contributed by atoms with Gasteiger partial charge in [-0.15, -0.1) is 0 Å². The van der Waals surface area contributed by atoms with Crippen LogP contribution in [-0.4, -0.2) is 18.8 Å². The highest BCUT2D eigenvalue weighted by molar-refractivity contribution is 4.85. The van der Waals surface area contributed by atoms with Gasteiger partial charge in [0, 0.05) is 6.04 Å². The van der Waals surface area contributed by atoms with Gasteiger partial charge in [0.25, 0.3) is 0 Å². The predicted octanol–water partition coefficient (Wildman–Crippen LogP) is 5.16. The molecule has 4 heteroatoms. The standard InChI is InChI=1S/C16H30F3N/c1-4-7-12(3)10-15(20-5-2)13-8-6-9-14(11-13)16(17,18)19/h12-15,20H,4-11H2,1-3H3. The highest BCUT2D eigenvalue weighted by atomic mass is 19.4. The number of hydrogen-bond acceptors (Lipinski definition) is 1. The zero-order chi connectivity index (χ0) is 15.2. The molecule has 1 nitrogen and oxygen atoms in total. The van der Waals surface area contributed by atoms with Gasteiger partial charge >= 0.3 is 6.18 Å². The Kier molecular flexibility index (Phi) is 7.35. The molecule has 0 aliphatic heterocycles. The molecule has 4 atom stereocenters. The minimum Gasteiger partial charge on any atom is -0.314 e. The zero-order valence-electron chi connectivity index (χ0n) is 13.1. The van der Waals surface area contributed by atoms with Crippen LogP contribution < -0.4 is 5.32 Å². The summed E-state index contributed by atoms with van der Waals surface area (Å²) in [6.07, 6.45) is 1.62. The van der Waals surface area contributed by atoms with Gasteiger partial charge in [-0.3, -0.25) is 0 Å². The predicted molar refractivity (Wildman–Crippen MR) is 77.7 cm³/mol. The van der Waals surface area contributed by atoms with Crippen molar-refractivity contribution in [3.05, 3.63) is 0 Å². The van der Waals surface area contributed by atoms with E-state index in [0.717, 1.165) is 38.6 Å². The lowest BCUT2D eigenvalue weighted by atomic mass is 9.75. The third-order valence-electron chi connectivity index (χ3n) is 4.65. The number of nitrogens with one attached hydrogen (secondary N) is 1. The first kappa shape index (κ1) is 17.8. The minimum atomic E-state index is -4.01. The average Bonchev–Trinajstić information content (AvgIpc) is 2.38. The maximum Gasteiger partial charge on any atom is 0.391 e. The molecule has 0 heterocycles.